The molecule has 0 aliphatic heterocycles. The number of benzene rings is 2. The Hall–Kier alpha value is -5.13. The smallest absolute Gasteiger partial charge is 0.158 e. The van der Waals surface area contributed by atoms with Crippen LogP contribution in [-0.4, -0.2) is 34.4 Å². The maximum atomic E-state index is 12.3. The van der Waals surface area contributed by atoms with E-state index in [1.165, 1.54) is 0 Å². The first-order valence-corrected chi connectivity index (χ1v) is 12.5. The zero-order valence-corrected chi connectivity index (χ0v) is 21.5. The summed E-state index contributed by atoms with van der Waals surface area (Å²) in [5.41, 5.74) is 5.18. The first-order valence-electron chi connectivity index (χ1n) is 12.5. The number of hydrogen-bond donors (Lipinski definition) is 1. The lowest BCUT2D eigenvalue weighted by atomic mass is 9.83. The second kappa shape index (κ2) is 9.63. The average Bonchev–Trinajstić information content (AvgIpc) is 3.65. The maximum Gasteiger partial charge on any atom is 0.158 e. The van der Waals surface area contributed by atoms with Gasteiger partial charge >= 0.3 is 0 Å². The first-order chi connectivity index (χ1) is 19.0. The molecule has 1 unspecified atom stereocenters. The summed E-state index contributed by atoms with van der Waals surface area (Å²) >= 11 is 0. The molecule has 2 aromatic carbocycles. The summed E-state index contributed by atoms with van der Waals surface area (Å²) in [4.78, 5) is 13.3. The highest BCUT2D eigenvalue weighted by Gasteiger charge is 2.37. The number of aromatic nitrogens is 6. The normalized spacial score (nSPS) is 12.8. The Morgan fingerprint density at radius 1 is 1.00 bits per heavy atom. The van der Waals surface area contributed by atoms with Crippen molar-refractivity contribution in [2.75, 3.05) is 0 Å². The van der Waals surface area contributed by atoms with E-state index >= 15 is 0 Å². The molecule has 8 heteroatoms. The standard InChI is InChI=1S/C31H25N7O/c1-21-4-7-26(18-34-21)31(39,30-19-33-20-37(30)2)25-8-11-28-24(16-25)15-23(29(17-32)36-28)14-22-5-9-27(10-6-22)38-13-3-12-35-38/h3-13,15-16,18-20,39H,14H2,1-2H3. The predicted octanol–water partition coefficient (Wildman–Crippen LogP) is 4.60. The summed E-state index contributed by atoms with van der Waals surface area (Å²) in [6, 6.07) is 23.6. The molecule has 0 saturated heterocycles. The van der Waals surface area contributed by atoms with Gasteiger partial charge in [0.1, 0.15) is 11.8 Å². The molecule has 0 spiro atoms. The minimum atomic E-state index is -1.49. The van der Waals surface area contributed by atoms with Gasteiger partial charge in [-0.3, -0.25) is 4.98 Å². The van der Waals surface area contributed by atoms with Gasteiger partial charge < -0.3 is 9.67 Å². The lowest BCUT2D eigenvalue weighted by Crippen LogP contribution is -2.31. The summed E-state index contributed by atoms with van der Waals surface area (Å²) in [7, 11) is 1.85. The molecule has 0 bridgehead atoms. The molecule has 0 amide bonds. The Labute approximate surface area is 225 Å². The largest absolute Gasteiger partial charge is 0.374 e. The fraction of sp³-hybridized carbons (Fsp3) is 0.129. The summed E-state index contributed by atoms with van der Waals surface area (Å²) in [5.74, 6) is 0. The number of pyridine rings is 2. The molecule has 1 atom stereocenters. The van der Waals surface area contributed by atoms with Crippen LogP contribution in [0.25, 0.3) is 16.6 Å². The van der Waals surface area contributed by atoms with Gasteiger partial charge in [-0.05, 0) is 66.1 Å². The van der Waals surface area contributed by atoms with Crippen LogP contribution in [0.1, 0.15) is 39.3 Å². The highest BCUT2D eigenvalue weighted by atomic mass is 16.3. The number of imidazole rings is 1. The van der Waals surface area contributed by atoms with Gasteiger partial charge in [-0.25, -0.2) is 14.6 Å². The van der Waals surface area contributed by atoms with Gasteiger partial charge in [-0.15, -0.1) is 0 Å². The zero-order valence-electron chi connectivity index (χ0n) is 21.5. The summed E-state index contributed by atoms with van der Waals surface area (Å²) in [6.45, 7) is 1.91. The lowest BCUT2D eigenvalue weighted by Gasteiger charge is -2.29. The fourth-order valence-electron chi connectivity index (χ4n) is 4.93. The number of aliphatic hydroxyl groups is 1. The topological polar surface area (TPSA) is 105 Å². The molecule has 0 aliphatic rings. The Morgan fingerprint density at radius 3 is 2.49 bits per heavy atom. The van der Waals surface area contributed by atoms with Crippen molar-refractivity contribution in [3.8, 4) is 11.8 Å². The fourth-order valence-corrected chi connectivity index (χ4v) is 4.93. The van der Waals surface area contributed by atoms with Crippen LogP contribution in [0, 0.1) is 18.3 Å². The average molecular weight is 512 g/mol. The van der Waals surface area contributed by atoms with Crippen LogP contribution in [0.15, 0.2) is 97.8 Å². The van der Waals surface area contributed by atoms with Gasteiger partial charge in [0.15, 0.2) is 5.60 Å². The van der Waals surface area contributed by atoms with Crippen LogP contribution in [-0.2, 0) is 19.1 Å². The highest BCUT2D eigenvalue weighted by Crippen LogP contribution is 2.37. The molecule has 6 rings (SSSR count). The molecule has 1 N–H and O–H groups in total. The number of nitrogens with zero attached hydrogens (tertiary/aromatic N) is 7. The second-order valence-corrected chi connectivity index (χ2v) is 9.60. The van der Waals surface area contributed by atoms with E-state index in [-0.39, 0.29) is 0 Å². The minimum Gasteiger partial charge on any atom is -0.374 e. The van der Waals surface area contributed by atoms with Gasteiger partial charge in [-0.2, -0.15) is 10.4 Å². The third kappa shape index (κ3) is 4.35. The van der Waals surface area contributed by atoms with Crippen molar-refractivity contribution in [2.24, 2.45) is 7.05 Å². The van der Waals surface area contributed by atoms with Gasteiger partial charge in [0.25, 0.3) is 0 Å². The molecule has 6 aromatic rings. The molecule has 8 nitrogen and oxygen atoms in total. The molecular weight excluding hydrogens is 486 g/mol. The summed E-state index contributed by atoms with van der Waals surface area (Å²) in [6.07, 6.45) is 9.21. The Bertz CT molecular complexity index is 1810. The van der Waals surface area contributed by atoms with Crippen LogP contribution < -0.4 is 0 Å². The quantitative estimate of drug-likeness (QED) is 0.350. The minimum absolute atomic E-state index is 0.385. The van der Waals surface area contributed by atoms with Crippen molar-refractivity contribution in [1.29, 1.82) is 5.26 Å². The van der Waals surface area contributed by atoms with E-state index in [0.29, 0.717) is 34.5 Å². The van der Waals surface area contributed by atoms with Crippen LogP contribution >= 0.6 is 0 Å². The molecule has 39 heavy (non-hydrogen) atoms. The molecule has 4 heterocycles. The zero-order chi connectivity index (χ0) is 27.0. The van der Waals surface area contributed by atoms with E-state index in [0.717, 1.165) is 27.9 Å². The van der Waals surface area contributed by atoms with Crippen molar-refractivity contribution in [3.05, 3.63) is 137 Å². The summed E-state index contributed by atoms with van der Waals surface area (Å²) < 4.78 is 3.61. The van der Waals surface area contributed by atoms with E-state index in [1.54, 1.807) is 34.2 Å². The number of fused-ring (bicyclic) bond motifs is 1. The third-order valence-corrected chi connectivity index (χ3v) is 7.03. The predicted molar refractivity (Wildman–Crippen MR) is 147 cm³/mol. The lowest BCUT2D eigenvalue weighted by molar-refractivity contribution is 0.117. The Balaban J connectivity index is 1.43. The number of hydrogen-bond acceptors (Lipinski definition) is 6. The SMILES string of the molecule is Cc1ccc(C(O)(c2ccc3nc(C#N)c(Cc4ccc(-n5cccn5)cc4)cc3c2)c2cncn2C)cn1. The van der Waals surface area contributed by atoms with Gasteiger partial charge in [-0.1, -0.05) is 24.3 Å². The Morgan fingerprint density at radius 2 is 1.82 bits per heavy atom. The first kappa shape index (κ1) is 24.2. The molecule has 0 radical (unpaired) electrons. The Kier molecular flexibility index (Phi) is 5.98. The van der Waals surface area contributed by atoms with Crippen molar-refractivity contribution >= 4 is 10.9 Å². The van der Waals surface area contributed by atoms with Gasteiger partial charge in [0.05, 0.1) is 29.4 Å². The highest BCUT2D eigenvalue weighted by molar-refractivity contribution is 5.81. The van der Waals surface area contributed by atoms with Crippen LogP contribution in [0.2, 0.25) is 0 Å². The van der Waals surface area contributed by atoms with E-state index in [9.17, 15) is 10.4 Å². The van der Waals surface area contributed by atoms with Crippen molar-refractivity contribution in [1.82, 2.24) is 29.3 Å². The summed E-state index contributed by atoms with van der Waals surface area (Å²) in [5, 5.41) is 27.2. The molecule has 0 aliphatic carbocycles. The van der Waals surface area contributed by atoms with Crippen molar-refractivity contribution in [3.63, 3.8) is 0 Å². The van der Waals surface area contributed by atoms with Gasteiger partial charge in [0, 0.05) is 48.7 Å². The third-order valence-electron chi connectivity index (χ3n) is 7.03. The monoisotopic (exact) mass is 511 g/mol. The van der Waals surface area contributed by atoms with E-state index in [4.69, 9.17) is 0 Å². The van der Waals surface area contributed by atoms with Crippen LogP contribution in [0.5, 0.6) is 0 Å². The molecular formula is C31H25N7O. The number of rotatable bonds is 6. The van der Waals surface area contributed by atoms with Gasteiger partial charge in [0.2, 0.25) is 0 Å². The van der Waals surface area contributed by atoms with Crippen LogP contribution in [0.4, 0.5) is 0 Å². The molecule has 0 fully saturated rings. The molecule has 190 valence electrons. The van der Waals surface area contributed by atoms with Crippen molar-refractivity contribution in [2.45, 2.75) is 18.9 Å². The number of aryl methyl sites for hydroxylation is 2. The molecule has 0 saturated carbocycles. The number of nitriles is 1. The maximum absolute atomic E-state index is 12.3. The van der Waals surface area contributed by atoms with Crippen molar-refractivity contribution < 1.29 is 5.11 Å². The van der Waals surface area contributed by atoms with E-state index in [2.05, 4.69) is 26.1 Å². The van der Waals surface area contributed by atoms with E-state index in [1.807, 2.05) is 86.9 Å². The van der Waals surface area contributed by atoms with E-state index < -0.39 is 5.60 Å². The second-order valence-electron chi connectivity index (χ2n) is 9.60. The molecule has 4 aromatic heterocycles. The van der Waals surface area contributed by atoms with Crippen LogP contribution in [0.3, 0.4) is 0 Å².